The second kappa shape index (κ2) is 3.10. The summed E-state index contributed by atoms with van der Waals surface area (Å²) in [6.45, 7) is 10.3. The van der Waals surface area contributed by atoms with E-state index in [2.05, 4.69) is 27.7 Å². The van der Waals surface area contributed by atoms with Crippen molar-refractivity contribution in [2.75, 3.05) is 0 Å². The number of halogens is 1. The molecule has 0 fully saturated rings. The molecule has 1 radical (unpaired) electrons. The topological polar surface area (TPSA) is 0 Å². The van der Waals surface area contributed by atoms with E-state index in [4.69, 9.17) is 11.6 Å². The summed E-state index contributed by atoms with van der Waals surface area (Å²) in [5.74, 6) is 0. The molecule has 0 N–H and O–H groups in total. The van der Waals surface area contributed by atoms with E-state index in [-0.39, 0.29) is 5.41 Å². The zero-order chi connectivity index (χ0) is 9.35. The fraction of sp³-hybridized carbons (Fsp3) is 0.364. The molecule has 0 aliphatic rings. The smallest absolute Gasteiger partial charge is 0.0443 e. The lowest BCUT2D eigenvalue weighted by Crippen LogP contribution is -2.11. The van der Waals surface area contributed by atoms with E-state index in [1.807, 2.05) is 18.2 Å². The van der Waals surface area contributed by atoms with Crippen LogP contribution in [-0.2, 0) is 5.41 Å². The van der Waals surface area contributed by atoms with Crippen LogP contribution < -0.4 is 0 Å². The van der Waals surface area contributed by atoms with Crippen molar-refractivity contribution in [3.63, 3.8) is 0 Å². The molecule has 1 aromatic rings. The zero-order valence-electron chi connectivity index (χ0n) is 7.82. The minimum Gasteiger partial charge on any atom is -0.0840 e. The first-order valence-corrected chi connectivity index (χ1v) is 4.41. The summed E-state index contributed by atoms with van der Waals surface area (Å²) < 4.78 is 0. The lowest BCUT2D eigenvalue weighted by Gasteiger charge is -2.20. The van der Waals surface area contributed by atoms with Crippen LogP contribution in [0.5, 0.6) is 0 Å². The van der Waals surface area contributed by atoms with E-state index in [1.54, 1.807) is 0 Å². The van der Waals surface area contributed by atoms with Crippen LogP contribution in [0.15, 0.2) is 18.2 Å². The van der Waals surface area contributed by atoms with Crippen LogP contribution in [0.3, 0.4) is 0 Å². The van der Waals surface area contributed by atoms with Crippen molar-refractivity contribution in [2.45, 2.75) is 26.2 Å². The summed E-state index contributed by atoms with van der Waals surface area (Å²) in [4.78, 5) is 0. The average molecular weight is 182 g/mol. The molecule has 0 aromatic heterocycles. The predicted octanol–water partition coefficient (Wildman–Crippen LogP) is 3.82. The lowest BCUT2D eigenvalue weighted by molar-refractivity contribution is 0.590. The quantitative estimate of drug-likeness (QED) is 0.571. The monoisotopic (exact) mass is 181 g/mol. The van der Waals surface area contributed by atoms with Gasteiger partial charge in [-0.15, -0.1) is 0 Å². The van der Waals surface area contributed by atoms with Gasteiger partial charge in [-0.25, -0.2) is 0 Å². The molecule has 0 saturated heterocycles. The Balaban J connectivity index is 3.23. The molecule has 0 atom stereocenters. The maximum Gasteiger partial charge on any atom is 0.0443 e. The second-order valence-electron chi connectivity index (χ2n) is 4.06. The van der Waals surface area contributed by atoms with E-state index < -0.39 is 0 Å². The Morgan fingerprint density at radius 3 is 2.25 bits per heavy atom. The van der Waals surface area contributed by atoms with Crippen LogP contribution in [0.25, 0.3) is 0 Å². The van der Waals surface area contributed by atoms with Gasteiger partial charge in [0.25, 0.3) is 0 Å². The summed E-state index contributed by atoms with van der Waals surface area (Å²) in [7, 11) is 0. The molecule has 1 aromatic carbocycles. The maximum absolute atomic E-state index is 6.05. The highest BCUT2D eigenvalue weighted by molar-refractivity contribution is 6.31. The van der Waals surface area contributed by atoms with Crippen LogP contribution >= 0.6 is 11.6 Å². The van der Waals surface area contributed by atoms with Crippen molar-refractivity contribution in [1.29, 1.82) is 0 Å². The zero-order valence-corrected chi connectivity index (χ0v) is 8.57. The fourth-order valence-corrected chi connectivity index (χ4v) is 1.55. The predicted molar refractivity (Wildman–Crippen MR) is 54.6 cm³/mol. The molecule has 0 nitrogen and oxygen atoms in total. The summed E-state index contributed by atoms with van der Waals surface area (Å²) >= 11 is 6.05. The Morgan fingerprint density at radius 1 is 1.25 bits per heavy atom. The standard InChI is InChI=1S/C11H14Cl/c1-8-5-6-10(12)9(7-8)11(2,3)4/h5-7H,1H2,2-4H3. The fourth-order valence-electron chi connectivity index (χ4n) is 1.15. The molecule has 1 rings (SSSR count). The van der Waals surface area contributed by atoms with Gasteiger partial charge in [-0.05, 0) is 29.5 Å². The van der Waals surface area contributed by atoms with Gasteiger partial charge in [-0.2, -0.15) is 0 Å². The summed E-state index contributed by atoms with van der Waals surface area (Å²) in [6.07, 6.45) is 0. The number of hydrogen-bond donors (Lipinski definition) is 0. The van der Waals surface area contributed by atoms with Crippen molar-refractivity contribution in [2.24, 2.45) is 0 Å². The number of rotatable bonds is 0. The van der Waals surface area contributed by atoms with E-state index in [9.17, 15) is 0 Å². The van der Waals surface area contributed by atoms with E-state index in [1.165, 1.54) is 0 Å². The molecule has 0 saturated carbocycles. The first-order chi connectivity index (χ1) is 5.41. The third kappa shape index (κ3) is 2.01. The van der Waals surface area contributed by atoms with Gasteiger partial charge < -0.3 is 0 Å². The second-order valence-corrected chi connectivity index (χ2v) is 4.47. The maximum atomic E-state index is 6.05. The van der Waals surface area contributed by atoms with Gasteiger partial charge >= 0.3 is 0 Å². The molecule has 0 spiro atoms. The largest absolute Gasteiger partial charge is 0.0840 e. The highest BCUT2D eigenvalue weighted by Crippen LogP contribution is 2.29. The van der Waals surface area contributed by atoms with E-state index in [0.29, 0.717) is 0 Å². The van der Waals surface area contributed by atoms with Gasteiger partial charge in [0, 0.05) is 5.02 Å². The summed E-state index contributed by atoms with van der Waals surface area (Å²) in [5.41, 5.74) is 2.28. The Bertz CT molecular complexity index is 282. The molecule has 1 heteroatoms. The van der Waals surface area contributed by atoms with Gasteiger partial charge in [-0.1, -0.05) is 44.5 Å². The average Bonchev–Trinajstić information content (AvgIpc) is 1.92. The molecule has 12 heavy (non-hydrogen) atoms. The first kappa shape index (κ1) is 9.60. The van der Waals surface area contributed by atoms with Crippen molar-refractivity contribution in [3.05, 3.63) is 41.3 Å². The Kier molecular flexibility index (Phi) is 2.48. The Hall–Kier alpha value is -0.490. The van der Waals surface area contributed by atoms with E-state index in [0.717, 1.165) is 16.1 Å². The van der Waals surface area contributed by atoms with Crippen LogP contribution in [0.4, 0.5) is 0 Å². The molecule has 0 unspecified atom stereocenters. The normalized spacial score (nSPS) is 11.8. The molecular formula is C11H14Cl. The van der Waals surface area contributed by atoms with Crippen molar-refractivity contribution in [3.8, 4) is 0 Å². The Morgan fingerprint density at radius 2 is 1.83 bits per heavy atom. The first-order valence-electron chi connectivity index (χ1n) is 4.03. The van der Waals surface area contributed by atoms with Crippen molar-refractivity contribution in [1.82, 2.24) is 0 Å². The molecule has 0 aliphatic heterocycles. The van der Waals surface area contributed by atoms with Crippen LogP contribution in [0.1, 0.15) is 31.9 Å². The molecule has 0 amide bonds. The molecule has 0 heterocycles. The minimum absolute atomic E-state index is 0.102. The van der Waals surface area contributed by atoms with Crippen LogP contribution in [0, 0.1) is 6.92 Å². The highest BCUT2D eigenvalue weighted by Gasteiger charge is 2.16. The van der Waals surface area contributed by atoms with E-state index >= 15 is 0 Å². The molecule has 65 valence electrons. The van der Waals surface area contributed by atoms with Crippen LogP contribution in [-0.4, -0.2) is 0 Å². The van der Waals surface area contributed by atoms with Gasteiger partial charge in [0.1, 0.15) is 0 Å². The van der Waals surface area contributed by atoms with Gasteiger partial charge in [-0.3, -0.25) is 0 Å². The molecule has 0 bridgehead atoms. The van der Waals surface area contributed by atoms with Gasteiger partial charge in [0.15, 0.2) is 0 Å². The minimum atomic E-state index is 0.102. The van der Waals surface area contributed by atoms with Gasteiger partial charge in [0.05, 0.1) is 0 Å². The Labute approximate surface area is 79.6 Å². The number of benzene rings is 1. The third-order valence-corrected chi connectivity index (χ3v) is 2.17. The van der Waals surface area contributed by atoms with Gasteiger partial charge in [0.2, 0.25) is 0 Å². The summed E-state index contributed by atoms with van der Waals surface area (Å²) in [5, 5.41) is 0.829. The SMILES string of the molecule is [CH2]c1ccc(Cl)c(C(C)(C)C)c1. The molecule has 0 aliphatic carbocycles. The lowest BCUT2D eigenvalue weighted by atomic mass is 9.86. The third-order valence-electron chi connectivity index (χ3n) is 1.84. The summed E-state index contributed by atoms with van der Waals surface area (Å²) in [6, 6.07) is 5.88. The van der Waals surface area contributed by atoms with Crippen LogP contribution in [0.2, 0.25) is 5.02 Å². The van der Waals surface area contributed by atoms with Crippen molar-refractivity contribution >= 4 is 11.6 Å². The highest BCUT2D eigenvalue weighted by atomic mass is 35.5. The molecular weight excluding hydrogens is 168 g/mol. The number of hydrogen-bond acceptors (Lipinski definition) is 0. The van der Waals surface area contributed by atoms with Crippen molar-refractivity contribution < 1.29 is 0 Å².